The van der Waals surface area contributed by atoms with Crippen LogP contribution in [0.15, 0.2) is 22.7 Å². The maximum atomic E-state index is 13.0. The Kier molecular flexibility index (Phi) is 5.27. The molecule has 1 aromatic rings. The first-order valence-electron chi connectivity index (χ1n) is 4.57. The zero-order valence-corrected chi connectivity index (χ0v) is 12.0. The topological polar surface area (TPSA) is 34.1 Å². The van der Waals surface area contributed by atoms with Crippen molar-refractivity contribution in [3.05, 3.63) is 34.1 Å². The van der Waals surface area contributed by atoms with Crippen LogP contribution in [0.2, 0.25) is 0 Å². The van der Waals surface area contributed by atoms with E-state index in [1.807, 2.05) is 6.07 Å². The van der Waals surface area contributed by atoms with Gasteiger partial charge in [-0.2, -0.15) is 11.8 Å². The summed E-state index contributed by atoms with van der Waals surface area (Å²) in [5, 5.41) is 0. The Bertz CT molecular complexity index is 440. The number of halogens is 2. The molecule has 0 atom stereocenters. The van der Waals surface area contributed by atoms with Crippen LogP contribution < -0.4 is 0 Å². The highest BCUT2D eigenvalue weighted by atomic mass is 79.9. The van der Waals surface area contributed by atoms with Crippen LogP contribution in [-0.4, -0.2) is 26.2 Å². The van der Waals surface area contributed by atoms with Crippen molar-refractivity contribution in [2.75, 3.05) is 17.8 Å². The van der Waals surface area contributed by atoms with Crippen molar-refractivity contribution in [1.29, 1.82) is 0 Å². The molecule has 6 heteroatoms. The molecule has 0 bridgehead atoms. The molecule has 0 saturated carbocycles. The normalized spacial score (nSPS) is 11.7. The summed E-state index contributed by atoms with van der Waals surface area (Å²) >= 11 is 4.69. The monoisotopic (exact) mass is 326 g/mol. The smallest absolute Gasteiger partial charge is 0.148 e. The average Bonchev–Trinajstić information content (AvgIpc) is 2.09. The number of thioether (sulfide) groups is 1. The molecule has 1 aromatic carbocycles. The van der Waals surface area contributed by atoms with Crippen molar-refractivity contribution >= 4 is 37.5 Å². The van der Waals surface area contributed by atoms with Crippen LogP contribution >= 0.6 is 27.7 Å². The largest absolute Gasteiger partial charge is 0.229 e. The molecule has 0 N–H and O–H groups in total. The van der Waals surface area contributed by atoms with Gasteiger partial charge in [-0.25, -0.2) is 12.8 Å². The fraction of sp³-hybridized carbons (Fsp3) is 0.400. The molecule has 0 aromatic heterocycles. The van der Waals surface area contributed by atoms with E-state index in [0.29, 0.717) is 16.0 Å². The van der Waals surface area contributed by atoms with Gasteiger partial charge in [-0.1, -0.05) is 15.9 Å². The van der Waals surface area contributed by atoms with Crippen LogP contribution in [0.3, 0.4) is 0 Å². The van der Waals surface area contributed by atoms with E-state index in [1.165, 1.54) is 30.2 Å². The molecule has 0 aliphatic heterocycles. The zero-order chi connectivity index (χ0) is 12.2. The fourth-order valence-electron chi connectivity index (χ4n) is 1.09. The Balaban J connectivity index is 2.43. The van der Waals surface area contributed by atoms with E-state index in [2.05, 4.69) is 15.9 Å². The van der Waals surface area contributed by atoms with E-state index in [9.17, 15) is 12.8 Å². The van der Waals surface area contributed by atoms with Crippen molar-refractivity contribution in [3.63, 3.8) is 0 Å². The summed E-state index contributed by atoms with van der Waals surface area (Å²) in [6, 6.07) is 4.68. The number of rotatable bonds is 5. The van der Waals surface area contributed by atoms with E-state index in [-0.39, 0.29) is 11.6 Å². The molecule has 0 radical (unpaired) electrons. The average molecular weight is 327 g/mol. The zero-order valence-electron chi connectivity index (χ0n) is 8.74. The van der Waals surface area contributed by atoms with Crippen molar-refractivity contribution in [1.82, 2.24) is 0 Å². The van der Waals surface area contributed by atoms with Gasteiger partial charge in [0, 0.05) is 22.2 Å². The second-order valence-corrected chi connectivity index (χ2v) is 7.74. The first-order chi connectivity index (χ1) is 7.37. The summed E-state index contributed by atoms with van der Waals surface area (Å²) < 4.78 is 35.4. The van der Waals surface area contributed by atoms with Crippen molar-refractivity contribution in [3.8, 4) is 0 Å². The molecule has 0 saturated heterocycles. The predicted octanol–water partition coefficient (Wildman–Crippen LogP) is 2.87. The van der Waals surface area contributed by atoms with Crippen LogP contribution in [-0.2, 0) is 15.6 Å². The van der Waals surface area contributed by atoms with E-state index in [4.69, 9.17) is 0 Å². The summed E-state index contributed by atoms with van der Waals surface area (Å²) in [6.07, 6.45) is 1.21. The van der Waals surface area contributed by atoms with Gasteiger partial charge in [-0.3, -0.25) is 0 Å². The van der Waals surface area contributed by atoms with E-state index >= 15 is 0 Å². The quantitative estimate of drug-likeness (QED) is 0.780. The molecule has 0 heterocycles. The minimum absolute atomic E-state index is 0.161. The van der Waals surface area contributed by atoms with Crippen molar-refractivity contribution < 1.29 is 12.8 Å². The van der Waals surface area contributed by atoms with Gasteiger partial charge in [0.1, 0.15) is 15.7 Å². The van der Waals surface area contributed by atoms with Crippen LogP contribution in [0.1, 0.15) is 5.56 Å². The van der Waals surface area contributed by atoms with Crippen molar-refractivity contribution in [2.24, 2.45) is 0 Å². The van der Waals surface area contributed by atoms with Crippen molar-refractivity contribution in [2.45, 2.75) is 5.75 Å². The third-order valence-corrected chi connectivity index (χ3v) is 4.48. The molecule has 2 nitrogen and oxygen atoms in total. The lowest BCUT2D eigenvalue weighted by atomic mass is 10.2. The molecule has 0 fully saturated rings. The number of hydrogen-bond acceptors (Lipinski definition) is 3. The summed E-state index contributed by atoms with van der Waals surface area (Å²) in [4.78, 5) is 0. The summed E-state index contributed by atoms with van der Waals surface area (Å²) in [5.74, 6) is 1.03. The molecule has 0 aliphatic carbocycles. The summed E-state index contributed by atoms with van der Waals surface area (Å²) in [7, 11) is -2.90. The minimum atomic E-state index is -2.90. The molecular formula is C10H12BrFO2S2. The summed E-state index contributed by atoms with van der Waals surface area (Å²) in [5.41, 5.74) is 0.852. The van der Waals surface area contributed by atoms with Gasteiger partial charge in [0.2, 0.25) is 0 Å². The van der Waals surface area contributed by atoms with Crippen LogP contribution in [0.4, 0.5) is 4.39 Å². The Hall–Kier alpha value is -0.0700. The van der Waals surface area contributed by atoms with Gasteiger partial charge in [0.05, 0.1) is 5.75 Å². The number of sulfone groups is 1. The highest BCUT2D eigenvalue weighted by molar-refractivity contribution is 9.10. The molecule has 0 unspecified atom stereocenters. The molecule has 0 spiro atoms. The van der Waals surface area contributed by atoms with Gasteiger partial charge in [0.15, 0.2) is 0 Å². The van der Waals surface area contributed by atoms with Gasteiger partial charge >= 0.3 is 0 Å². The van der Waals surface area contributed by atoms with Gasteiger partial charge < -0.3 is 0 Å². The number of hydrogen-bond donors (Lipinski definition) is 0. The SMILES string of the molecule is CS(=O)(=O)CCSCc1cc(F)cc(Br)c1. The predicted molar refractivity (Wildman–Crippen MR) is 70.0 cm³/mol. The number of benzene rings is 1. The first-order valence-corrected chi connectivity index (χ1v) is 8.58. The maximum Gasteiger partial charge on any atom is 0.148 e. The molecular weight excluding hydrogens is 315 g/mol. The maximum absolute atomic E-state index is 13.0. The van der Waals surface area contributed by atoms with Crippen LogP contribution in [0.25, 0.3) is 0 Å². The summed E-state index contributed by atoms with van der Waals surface area (Å²) in [6.45, 7) is 0. The van der Waals surface area contributed by atoms with Gasteiger partial charge in [-0.15, -0.1) is 0 Å². The molecule has 90 valence electrons. The minimum Gasteiger partial charge on any atom is -0.229 e. The lowest BCUT2D eigenvalue weighted by molar-refractivity contribution is 0.603. The Morgan fingerprint density at radius 1 is 1.38 bits per heavy atom. The highest BCUT2D eigenvalue weighted by Crippen LogP contribution is 2.19. The van der Waals surface area contributed by atoms with Gasteiger partial charge in [0.25, 0.3) is 0 Å². The lowest BCUT2D eigenvalue weighted by Crippen LogP contribution is -2.05. The lowest BCUT2D eigenvalue weighted by Gasteiger charge is -2.02. The Morgan fingerprint density at radius 2 is 2.06 bits per heavy atom. The Labute approximate surface area is 108 Å². The standard InChI is InChI=1S/C10H12BrFO2S2/c1-16(13,14)3-2-15-7-8-4-9(11)6-10(12)5-8/h4-6H,2-3,7H2,1H3. The highest BCUT2D eigenvalue weighted by Gasteiger charge is 2.03. The molecule has 1 rings (SSSR count). The third-order valence-electron chi connectivity index (χ3n) is 1.79. The van der Waals surface area contributed by atoms with Gasteiger partial charge in [-0.05, 0) is 23.8 Å². The Morgan fingerprint density at radius 3 is 2.62 bits per heavy atom. The third kappa shape index (κ3) is 5.86. The van der Waals surface area contributed by atoms with E-state index in [0.717, 1.165) is 5.56 Å². The van der Waals surface area contributed by atoms with E-state index < -0.39 is 9.84 Å². The van der Waals surface area contributed by atoms with Crippen LogP contribution in [0, 0.1) is 5.82 Å². The first kappa shape index (κ1) is 14.0. The second-order valence-electron chi connectivity index (χ2n) is 3.46. The molecule has 16 heavy (non-hydrogen) atoms. The van der Waals surface area contributed by atoms with E-state index in [1.54, 1.807) is 0 Å². The molecule has 0 amide bonds. The fourth-order valence-corrected chi connectivity index (χ4v) is 3.84. The molecule has 0 aliphatic rings. The van der Waals surface area contributed by atoms with Crippen LogP contribution in [0.5, 0.6) is 0 Å². The second kappa shape index (κ2) is 6.02.